The Morgan fingerprint density at radius 1 is 0.960 bits per heavy atom. The minimum atomic E-state index is -0.941. The second-order valence-electron chi connectivity index (χ2n) is 5.40. The van der Waals surface area contributed by atoms with E-state index in [1.807, 2.05) is 0 Å². The van der Waals surface area contributed by atoms with Gasteiger partial charge in [-0.25, -0.2) is 17.6 Å². The zero-order chi connectivity index (χ0) is 18.3. The zero-order valence-corrected chi connectivity index (χ0v) is 13.9. The van der Waals surface area contributed by atoms with Gasteiger partial charge in [0.15, 0.2) is 11.6 Å². The SMILES string of the molecule is Cc1nn(C)c(Nc2c(F)cc(Cl)cc2F)c1-c1c(F)cccc1F. The molecule has 1 N–H and O–H groups in total. The van der Waals surface area contributed by atoms with Gasteiger partial charge in [0.1, 0.15) is 23.1 Å². The van der Waals surface area contributed by atoms with E-state index in [9.17, 15) is 17.6 Å². The first-order chi connectivity index (χ1) is 11.8. The van der Waals surface area contributed by atoms with E-state index in [0.717, 1.165) is 24.3 Å². The number of hydrogen-bond donors (Lipinski definition) is 1. The summed E-state index contributed by atoms with van der Waals surface area (Å²) in [5.74, 6) is -3.46. The van der Waals surface area contributed by atoms with Gasteiger partial charge in [-0.15, -0.1) is 0 Å². The summed E-state index contributed by atoms with van der Waals surface area (Å²) >= 11 is 5.60. The fraction of sp³-hybridized carbons (Fsp3) is 0.118. The maximum Gasteiger partial charge on any atom is 0.151 e. The van der Waals surface area contributed by atoms with Gasteiger partial charge in [0.2, 0.25) is 0 Å². The Morgan fingerprint density at radius 2 is 1.52 bits per heavy atom. The minimum absolute atomic E-state index is 0.0432. The monoisotopic (exact) mass is 369 g/mol. The molecule has 3 rings (SSSR count). The van der Waals surface area contributed by atoms with Crippen LogP contribution in [-0.2, 0) is 7.05 Å². The van der Waals surface area contributed by atoms with Crippen LogP contribution in [0.1, 0.15) is 5.69 Å². The molecule has 3 aromatic rings. The van der Waals surface area contributed by atoms with Crippen LogP contribution >= 0.6 is 11.6 Å². The highest BCUT2D eigenvalue weighted by molar-refractivity contribution is 6.30. The summed E-state index contributed by atoms with van der Waals surface area (Å²) in [5.41, 5.74) is -0.452. The van der Waals surface area contributed by atoms with E-state index >= 15 is 0 Å². The molecule has 25 heavy (non-hydrogen) atoms. The Balaban J connectivity index is 2.20. The van der Waals surface area contributed by atoms with Gasteiger partial charge < -0.3 is 5.32 Å². The normalized spacial score (nSPS) is 11.0. The molecule has 0 saturated heterocycles. The van der Waals surface area contributed by atoms with Gasteiger partial charge in [-0.1, -0.05) is 17.7 Å². The Hall–Kier alpha value is -2.54. The van der Waals surface area contributed by atoms with Gasteiger partial charge in [0.25, 0.3) is 0 Å². The molecule has 0 radical (unpaired) electrons. The maximum absolute atomic E-state index is 14.2. The minimum Gasteiger partial charge on any atom is -0.335 e. The highest BCUT2D eigenvalue weighted by atomic mass is 35.5. The number of hydrogen-bond acceptors (Lipinski definition) is 2. The lowest BCUT2D eigenvalue weighted by Gasteiger charge is -2.13. The molecule has 0 amide bonds. The molecule has 130 valence electrons. The third-order valence-corrected chi connectivity index (χ3v) is 3.90. The number of aromatic nitrogens is 2. The predicted molar refractivity (Wildman–Crippen MR) is 87.9 cm³/mol. The first-order valence-electron chi connectivity index (χ1n) is 7.19. The van der Waals surface area contributed by atoms with Crippen LogP contribution in [0.25, 0.3) is 11.1 Å². The van der Waals surface area contributed by atoms with Gasteiger partial charge >= 0.3 is 0 Å². The van der Waals surface area contributed by atoms with Crippen molar-refractivity contribution in [3.63, 3.8) is 0 Å². The maximum atomic E-state index is 14.2. The summed E-state index contributed by atoms with van der Waals surface area (Å²) in [4.78, 5) is 0. The number of anilines is 2. The zero-order valence-electron chi connectivity index (χ0n) is 13.2. The van der Waals surface area contributed by atoms with Crippen molar-refractivity contribution >= 4 is 23.1 Å². The van der Waals surface area contributed by atoms with Crippen molar-refractivity contribution in [2.24, 2.45) is 7.05 Å². The van der Waals surface area contributed by atoms with Crippen molar-refractivity contribution < 1.29 is 17.6 Å². The fourth-order valence-electron chi connectivity index (χ4n) is 2.62. The van der Waals surface area contributed by atoms with Gasteiger partial charge in [0.05, 0.1) is 16.8 Å². The molecular formula is C17H12ClF4N3. The highest BCUT2D eigenvalue weighted by Crippen LogP contribution is 2.37. The summed E-state index contributed by atoms with van der Waals surface area (Å²) in [6, 6.07) is 5.28. The molecule has 0 aliphatic heterocycles. The van der Waals surface area contributed by atoms with Gasteiger partial charge in [-0.05, 0) is 31.2 Å². The Bertz CT molecular complexity index is 926. The number of benzene rings is 2. The lowest BCUT2D eigenvalue weighted by atomic mass is 10.0. The van der Waals surface area contributed by atoms with Gasteiger partial charge in [-0.2, -0.15) is 5.10 Å². The van der Waals surface area contributed by atoms with E-state index in [2.05, 4.69) is 10.4 Å². The van der Waals surface area contributed by atoms with Crippen molar-refractivity contribution in [2.45, 2.75) is 6.92 Å². The Morgan fingerprint density at radius 3 is 2.08 bits per heavy atom. The summed E-state index contributed by atoms with van der Waals surface area (Å²) < 4.78 is 57.8. The molecule has 0 atom stereocenters. The lowest BCUT2D eigenvalue weighted by molar-refractivity contribution is 0.589. The van der Waals surface area contributed by atoms with E-state index < -0.39 is 29.0 Å². The molecule has 2 aromatic carbocycles. The molecule has 1 aromatic heterocycles. The lowest BCUT2D eigenvalue weighted by Crippen LogP contribution is -2.04. The van der Waals surface area contributed by atoms with E-state index in [0.29, 0.717) is 5.69 Å². The number of nitrogens with one attached hydrogen (secondary N) is 1. The molecule has 0 fully saturated rings. The molecule has 0 aliphatic rings. The van der Waals surface area contributed by atoms with Crippen LogP contribution in [0.5, 0.6) is 0 Å². The molecule has 3 nitrogen and oxygen atoms in total. The average molecular weight is 370 g/mol. The van der Waals surface area contributed by atoms with Gasteiger partial charge in [-0.3, -0.25) is 4.68 Å². The van der Waals surface area contributed by atoms with Crippen molar-refractivity contribution in [2.75, 3.05) is 5.32 Å². The number of nitrogens with zero attached hydrogens (tertiary/aromatic N) is 2. The Labute approximate surface area is 145 Å². The largest absolute Gasteiger partial charge is 0.335 e. The van der Waals surface area contributed by atoms with Crippen LogP contribution in [0.3, 0.4) is 0 Å². The molecule has 0 unspecified atom stereocenters. The van der Waals surface area contributed by atoms with Crippen LogP contribution in [0.2, 0.25) is 5.02 Å². The van der Waals surface area contributed by atoms with E-state index in [4.69, 9.17) is 11.6 Å². The molecular weight excluding hydrogens is 358 g/mol. The Kier molecular flexibility index (Phi) is 4.43. The summed E-state index contributed by atoms with van der Waals surface area (Å²) in [7, 11) is 1.49. The van der Waals surface area contributed by atoms with Crippen molar-refractivity contribution in [1.82, 2.24) is 9.78 Å². The number of rotatable bonds is 3. The van der Waals surface area contributed by atoms with Crippen molar-refractivity contribution in [3.05, 3.63) is 64.3 Å². The van der Waals surface area contributed by atoms with Crippen molar-refractivity contribution in [3.8, 4) is 11.1 Å². The van der Waals surface area contributed by atoms with E-state index in [1.165, 1.54) is 17.8 Å². The van der Waals surface area contributed by atoms with Crippen molar-refractivity contribution in [1.29, 1.82) is 0 Å². The smallest absolute Gasteiger partial charge is 0.151 e. The molecule has 0 aliphatic carbocycles. The van der Waals surface area contributed by atoms with E-state index in [-0.39, 0.29) is 22.0 Å². The predicted octanol–water partition coefficient (Wildman–Crippen LogP) is 5.35. The summed E-state index contributed by atoms with van der Waals surface area (Å²) in [5, 5.41) is 6.52. The van der Waals surface area contributed by atoms with Crippen LogP contribution < -0.4 is 5.32 Å². The molecule has 0 spiro atoms. The van der Waals surface area contributed by atoms with Crippen LogP contribution in [0.15, 0.2) is 30.3 Å². The number of halogens is 5. The second-order valence-corrected chi connectivity index (χ2v) is 5.84. The molecule has 1 heterocycles. The van der Waals surface area contributed by atoms with Crippen LogP contribution in [0, 0.1) is 30.2 Å². The van der Waals surface area contributed by atoms with Gasteiger partial charge in [0, 0.05) is 12.1 Å². The molecule has 8 heteroatoms. The first kappa shape index (κ1) is 17.3. The number of aryl methyl sites for hydroxylation is 2. The first-order valence-corrected chi connectivity index (χ1v) is 7.57. The molecule has 0 bridgehead atoms. The quantitative estimate of drug-likeness (QED) is 0.631. The fourth-order valence-corrected chi connectivity index (χ4v) is 2.81. The topological polar surface area (TPSA) is 29.9 Å². The molecule has 0 saturated carbocycles. The third-order valence-electron chi connectivity index (χ3n) is 3.69. The standard InChI is InChI=1S/C17H12ClF4N3/c1-8-14(15-10(19)4-3-5-11(15)20)17(25(2)24-8)23-16-12(21)6-9(18)7-13(16)22/h3-7,23H,1-2H3. The van der Waals surface area contributed by atoms with Crippen LogP contribution in [0.4, 0.5) is 29.1 Å². The summed E-state index contributed by atoms with van der Waals surface area (Å²) in [6.45, 7) is 1.54. The highest BCUT2D eigenvalue weighted by Gasteiger charge is 2.23. The third kappa shape index (κ3) is 3.07. The summed E-state index contributed by atoms with van der Waals surface area (Å²) in [6.07, 6.45) is 0. The van der Waals surface area contributed by atoms with E-state index in [1.54, 1.807) is 6.92 Å². The van der Waals surface area contributed by atoms with Crippen LogP contribution in [-0.4, -0.2) is 9.78 Å². The average Bonchev–Trinajstić information content (AvgIpc) is 2.77. The second kappa shape index (κ2) is 6.40.